The van der Waals surface area contributed by atoms with Crippen LogP contribution in [0.25, 0.3) is 5.69 Å². The Kier molecular flexibility index (Phi) is 6.17. The first-order valence-corrected chi connectivity index (χ1v) is 9.52. The Balaban J connectivity index is 1.81. The van der Waals surface area contributed by atoms with Crippen LogP contribution in [-0.4, -0.2) is 21.7 Å². The van der Waals surface area contributed by atoms with E-state index in [4.69, 9.17) is 23.2 Å². The van der Waals surface area contributed by atoms with Crippen molar-refractivity contribution < 1.29 is 4.79 Å². The zero-order valence-electron chi connectivity index (χ0n) is 15.4. The van der Waals surface area contributed by atoms with Crippen molar-refractivity contribution in [1.29, 1.82) is 0 Å². The monoisotopic (exact) mass is 415 g/mol. The molecule has 0 saturated heterocycles. The van der Waals surface area contributed by atoms with Gasteiger partial charge in [0, 0.05) is 27.8 Å². The molecule has 0 saturated carbocycles. The van der Waals surface area contributed by atoms with Gasteiger partial charge in [0.25, 0.3) is 5.91 Å². The van der Waals surface area contributed by atoms with E-state index in [1.807, 2.05) is 43.3 Å². The number of carbonyl (C=O) groups excluding carboxylic acids is 1. The molecular weight excluding hydrogens is 397 g/mol. The summed E-state index contributed by atoms with van der Waals surface area (Å²) in [7, 11) is 0. The minimum Gasteiger partial charge on any atom is -0.348 e. The van der Waals surface area contributed by atoms with Gasteiger partial charge >= 0.3 is 0 Å². The molecule has 0 fully saturated rings. The van der Waals surface area contributed by atoms with Gasteiger partial charge in [-0.2, -0.15) is 5.10 Å². The van der Waals surface area contributed by atoms with Gasteiger partial charge in [-0.25, -0.2) is 4.68 Å². The third-order valence-corrected chi connectivity index (χ3v) is 4.83. The van der Waals surface area contributed by atoms with Crippen LogP contribution in [0.1, 0.15) is 28.7 Å². The lowest BCUT2D eigenvalue weighted by molar-refractivity contribution is 0.0932. The number of hydrogen-bond acceptors (Lipinski definition) is 3. The van der Waals surface area contributed by atoms with E-state index >= 15 is 0 Å². The van der Waals surface area contributed by atoms with Crippen molar-refractivity contribution in [2.24, 2.45) is 0 Å². The molecule has 0 radical (unpaired) electrons. The topological polar surface area (TPSA) is 64.0 Å². The molecule has 1 unspecified atom stereocenters. The smallest absolute Gasteiger partial charge is 0.276 e. The van der Waals surface area contributed by atoms with Gasteiger partial charge in [-0.15, -0.1) is 0 Å². The molecule has 1 heterocycles. The van der Waals surface area contributed by atoms with Crippen molar-refractivity contribution in [3.8, 4) is 5.69 Å². The lowest BCUT2D eigenvalue weighted by atomic mass is 10.1. The minimum absolute atomic E-state index is 0.150. The van der Waals surface area contributed by atoms with E-state index in [-0.39, 0.29) is 11.7 Å². The third-order valence-electron chi connectivity index (χ3n) is 4.24. The quantitative estimate of drug-likeness (QED) is 0.678. The third kappa shape index (κ3) is 4.61. The second-order valence-electron chi connectivity index (χ2n) is 6.56. The summed E-state index contributed by atoms with van der Waals surface area (Å²) in [4.78, 5) is 25.0. The molecule has 28 heavy (non-hydrogen) atoms. The van der Waals surface area contributed by atoms with E-state index in [1.165, 1.54) is 6.07 Å². The van der Waals surface area contributed by atoms with Crippen molar-refractivity contribution in [3.05, 3.63) is 91.8 Å². The molecule has 7 heteroatoms. The number of halogens is 2. The van der Waals surface area contributed by atoms with E-state index in [2.05, 4.69) is 10.4 Å². The second kappa shape index (κ2) is 8.59. The molecular formula is C21H19Cl2N3O2. The van der Waals surface area contributed by atoms with E-state index < -0.39 is 11.3 Å². The Hall–Kier alpha value is -2.63. The maximum Gasteiger partial charge on any atom is 0.276 e. The maximum absolute atomic E-state index is 12.7. The molecule has 0 aliphatic rings. The molecule has 3 aromatic rings. The van der Waals surface area contributed by atoms with E-state index in [0.717, 1.165) is 11.3 Å². The summed E-state index contributed by atoms with van der Waals surface area (Å²) in [6.07, 6.45) is 0.500. The molecule has 0 aliphatic carbocycles. The summed E-state index contributed by atoms with van der Waals surface area (Å²) in [6.45, 7) is 3.61. The molecule has 2 aromatic carbocycles. The number of aryl methyl sites for hydroxylation is 1. The van der Waals surface area contributed by atoms with Gasteiger partial charge in [0.15, 0.2) is 5.69 Å². The lowest BCUT2D eigenvalue weighted by Gasteiger charge is -2.16. The summed E-state index contributed by atoms with van der Waals surface area (Å²) in [5.41, 5.74) is 1.71. The van der Waals surface area contributed by atoms with E-state index in [1.54, 1.807) is 23.7 Å². The number of benzene rings is 2. The summed E-state index contributed by atoms with van der Waals surface area (Å²) in [5.74, 6) is -0.521. The van der Waals surface area contributed by atoms with Crippen molar-refractivity contribution >= 4 is 29.1 Å². The molecule has 1 N–H and O–H groups in total. The van der Waals surface area contributed by atoms with Gasteiger partial charge in [-0.05, 0) is 50.1 Å². The second-order valence-corrected chi connectivity index (χ2v) is 7.40. The van der Waals surface area contributed by atoms with Crippen molar-refractivity contribution in [2.75, 3.05) is 0 Å². The van der Waals surface area contributed by atoms with Gasteiger partial charge in [-0.1, -0.05) is 47.5 Å². The van der Waals surface area contributed by atoms with Crippen molar-refractivity contribution in [2.45, 2.75) is 26.3 Å². The lowest BCUT2D eigenvalue weighted by Crippen LogP contribution is -2.38. The van der Waals surface area contributed by atoms with Crippen LogP contribution in [0.4, 0.5) is 0 Å². The number of nitrogens with one attached hydrogen (secondary N) is 1. The largest absolute Gasteiger partial charge is 0.348 e. The maximum atomic E-state index is 12.7. The Labute approximate surface area is 172 Å². The first-order chi connectivity index (χ1) is 13.3. The highest BCUT2D eigenvalue weighted by Gasteiger charge is 2.18. The number of para-hydroxylation sites is 1. The van der Waals surface area contributed by atoms with Crippen LogP contribution in [0.15, 0.2) is 59.4 Å². The van der Waals surface area contributed by atoms with Crippen LogP contribution in [0.2, 0.25) is 10.0 Å². The van der Waals surface area contributed by atoms with Gasteiger partial charge < -0.3 is 5.32 Å². The molecule has 0 bridgehead atoms. The zero-order chi connectivity index (χ0) is 20.3. The summed E-state index contributed by atoms with van der Waals surface area (Å²) in [6, 6.07) is 15.7. The fourth-order valence-electron chi connectivity index (χ4n) is 2.90. The molecule has 5 nitrogen and oxygen atoms in total. The number of aromatic nitrogens is 2. The van der Waals surface area contributed by atoms with Crippen LogP contribution in [0, 0.1) is 6.92 Å². The highest BCUT2D eigenvalue weighted by Crippen LogP contribution is 2.22. The van der Waals surface area contributed by atoms with Crippen LogP contribution < -0.4 is 10.7 Å². The van der Waals surface area contributed by atoms with Crippen LogP contribution in [-0.2, 0) is 6.42 Å². The van der Waals surface area contributed by atoms with Gasteiger partial charge in [0.2, 0.25) is 5.43 Å². The predicted octanol–water partition coefficient (Wildman–Crippen LogP) is 4.21. The first-order valence-electron chi connectivity index (χ1n) is 8.76. The number of hydrogen-bond donors (Lipinski definition) is 1. The fraction of sp³-hybridized carbons (Fsp3) is 0.190. The number of amides is 1. The number of carbonyl (C=O) groups is 1. The highest BCUT2D eigenvalue weighted by atomic mass is 35.5. The SMILES string of the molecule is Cc1cc(=O)c(C(=O)NC(C)Cc2ccc(Cl)cc2Cl)nn1-c1ccccc1. The van der Waals surface area contributed by atoms with Crippen molar-refractivity contribution in [3.63, 3.8) is 0 Å². The standard InChI is InChI=1S/C21H19Cl2N3O2/c1-13(10-15-8-9-16(22)12-18(15)23)24-21(28)20-19(27)11-14(2)26(25-20)17-6-4-3-5-7-17/h3-9,11-13H,10H2,1-2H3,(H,24,28). The predicted molar refractivity (Wildman–Crippen MR) is 112 cm³/mol. The van der Waals surface area contributed by atoms with Crippen LogP contribution in [0.5, 0.6) is 0 Å². The van der Waals surface area contributed by atoms with Gasteiger partial charge in [-0.3, -0.25) is 9.59 Å². The van der Waals surface area contributed by atoms with Gasteiger partial charge in [0.1, 0.15) is 0 Å². The Morgan fingerprint density at radius 2 is 1.86 bits per heavy atom. The molecule has 144 valence electrons. The normalized spacial score (nSPS) is 11.9. The molecule has 0 spiro atoms. The number of rotatable bonds is 5. The van der Waals surface area contributed by atoms with Gasteiger partial charge in [0.05, 0.1) is 5.69 Å². The van der Waals surface area contributed by atoms with Crippen molar-refractivity contribution in [1.82, 2.24) is 15.1 Å². The van der Waals surface area contributed by atoms with E-state index in [0.29, 0.717) is 22.2 Å². The summed E-state index contributed by atoms with van der Waals surface area (Å²) in [5, 5.41) is 8.19. The highest BCUT2D eigenvalue weighted by molar-refractivity contribution is 6.35. The van der Waals surface area contributed by atoms with Crippen LogP contribution in [0.3, 0.4) is 0 Å². The molecule has 1 amide bonds. The Morgan fingerprint density at radius 3 is 2.54 bits per heavy atom. The zero-order valence-corrected chi connectivity index (χ0v) is 17.0. The summed E-state index contributed by atoms with van der Waals surface area (Å²) >= 11 is 12.1. The first kappa shape index (κ1) is 20.1. The average Bonchev–Trinajstić information content (AvgIpc) is 2.64. The Morgan fingerprint density at radius 1 is 1.14 bits per heavy atom. The molecule has 0 aliphatic heterocycles. The average molecular weight is 416 g/mol. The molecule has 1 aromatic heterocycles. The fourth-order valence-corrected chi connectivity index (χ4v) is 3.38. The Bertz CT molecular complexity index is 1060. The van der Waals surface area contributed by atoms with Crippen LogP contribution >= 0.6 is 23.2 Å². The molecule has 3 rings (SSSR count). The number of nitrogens with zero attached hydrogens (tertiary/aromatic N) is 2. The summed E-state index contributed by atoms with van der Waals surface area (Å²) < 4.78 is 1.58. The van der Waals surface area contributed by atoms with E-state index in [9.17, 15) is 9.59 Å². The minimum atomic E-state index is -0.521. The molecule has 1 atom stereocenters.